The molecule has 1 aromatic heterocycles. The third-order valence-corrected chi connectivity index (χ3v) is 5.46. The van der Waals surface area contributed by atoms with E-state index < -0.39 is 15.8 Å². The molecule has 0 unspecified atom stereocenters. The predicted octanol–water partition coefficient (Wildman–Crippen LogP) is 2.71. The van der Waals surface area contributed by atoms with Gasteiger partial charge in [-0.25, -0.2) is 12.8 Å². The highest BCUT2D eigenvalue weighted by molar-refractivity contribution is 7.89. The summed E-state index contributed by atoms with van der Waals surface area (Å²) < 4.78 is 45.2. The molecular weight excluding hydrogens is 343 g/mol. The van der Waals surface area contributed by atoms with Gasteiger partial charge in [-0.15, -0.1) is 0 Å². The quantitative estimate of drug-likeness (QED) is 0.763. The highest BCUT2D eigenvalue weighted by atomic mass is 35.5. The zero-order chi connectivity index (χ0) is 16.9. The second kappa shape index (κ2) is 7.83. The molecule has 0 N–H and O–H groups in total. The number of halogens is 2. The maximum absolute atomic E-state index is 13.4. The van der Waals surface area contributed by atoms with Crippen molar-refractivity contribution in [2.24, 2.45) is 0 Å². The van der Waals surface area contributed by atoms with Crippen molar-refractivity contribution < 1.29 is 17.5 Å². The van der Waals surface area contributed by atoms with Crippen molar-refractivity contribution in [3.63, 3.8) is 0 Å². The fraction of sp³-hybridized carbons (Fsp3) is 0.267. The first-order valence-electron chi connectivity index (χ1n) is 6.78. The number of ether oxygens (including phenoxy) is 1. The third-order valence-electron chi connectivity index (χ3n) is 3.14. The van der Waals surface area contributed by atoms with Crippen molar-refractivity contribution in [3.05, 3.63) is 59.1 Å². The minimum atomic E-state index is -3.97. The van der Waals surface area contributed by atoms with Crippen LogP contribution in [-0.2, 0) is 21.3 Å². The summed E-state index contributed by atoms with van der Waals surface area (Å²) >= 11 is 5.95. The summed E-state index contributed by atoms with van der Waals surface area (Å²) in [6.07, 6.45) is 3.17. The molecule has 0 radical (unpaired) electrons. The van der Waals surface area contributed by atoms with E-state index in [9.17, 15) is 12.8 Å². The van der Waals surface area contributed by atoms with Crippen molar-refractivity contribution in [2.75, 3.05) is 20.3 Å². The zero-order valence-corrected chi connectivity index (χ0v) is 14.0. The molecule has 5 nitrogen and oxygen atoms in total. The molecule has 0 aliphatic carbocycles. The highest BCUT2D eigenvalue weighted by Gasteiger charge is 2.27. The summed E-state index contributed by atoms with van der Waals surface area (Å²) in [5, 5.41) is -0.0278. The molecule has 2 aromatic rings. The fourth-order valence-corrected chi connectivity index (χ4v) is 3.88. The van der Waals surface area contributed by atoms with Gasteiger partial charge in [0.1, 0.15) is 10.7 Å². The first kappa shape index (κ1) is 17.8. The number of hydrogen-bond acceptors (Lipinski definition) is 4. The van der Waals surface area contributed by atoms with Crippen LogP contribution in [0.2, 0.25) is 5.02 Å². The van der Waals surface area contributed by atoms with Gasteiger partial charge in [-0.2, -0.15) is 4.31 Å². The van der Waals surface area contributed by atoms with E-state index in [2.05, 4.69) is 4.98 Å². The van der Waals surface area contributed by atoms with E-state index in [1.54, 1.807) is 24.5 Å². The molecule has 1 heterocycles. The van der Waals surface area contributed by atoms with Gasteiger partial charge in [0.2, 0.25) is 10.0 Å². The number of hydrogen-bond donors (Lipinski definition) is 0. The van der Waals surface area contributed by atoms with Crippen molar-refractivity contribution >= 4 is 21.6 Å². The molecule has 0 saturated carbocycles. The fourth-order valence-electron chi connectivity index (χ4n) is 1.99. The van der Waals surface area contributed by atoms with Gasteiger partial charge in [-0.3, -0.25) is 4.98 Å². The lowest BCUT2D eigenvalue weighted by atomic mass is 10.3. The van der Waals surface area contributed by atoms with Crippen LogP contribution >= 0.6 is 11.6 Å². The minimum Gasteiger partial charge on any atom is -0.383 e. The molecular formula is C15H16ClFN2O3S. The summed E-state index contributed by atoms with van der Waals surface area (Å²) in [4.78, 5) is 3.70. The number of benzene rings is 1. The SMILES string of the molecule is COCCN(Cc1cccnc1)S(=O)(=O)c1cc(F)ccc1Cl. The van der Waals surface area contributed by atoms with Gasteiger partial charge in [0, 0.05) is 32.6 Å². The van der Waals surface area contributed by atoms with E-state index in [4.69, 9.17) is 16.3 Å². The average Bonchev–Trinajstić information content (AvgIpc) is 2.54. The first-order valence-corrected chi connectivity index (χ1v) is 8.60. The lowest BCUT2D eigenvalue weighted by Gasteiger charge is -2.22. The maximum atomic E-state index is 13.4. The summed E-state index contributed by atoms with van der Waals surface area (Å²) in [6, 6.07) is 6.73. The van der Waals surface area contributed by atoms with E-state index >= 15 is 0 Å². The Balaban J connectivity index is 2.38. The molecule has 0 aliphatic rings. The van der Waals surface area contributed by atoms with Crippen LogP contribution in [0.3, 0.4) is 0 Å². The normalized spacial score (nSPS) is 11.8. The molecule has 124 valence electrons. The van der Waals surface area contributed by atoms with Gasteiger partial charge in [-0.05, 0) is 29.8 Å². The monoisotopic (exact) mass is 358 g/mol. The van der Waals surface area contributed by atoms with Crippen molar-refractivity contribution in [1.82, 2.24) is 9.29 Å². The molecule has 1 aromatic carbocycles. The summed E-state index contributed by atoms with van der Waals surface area (Å²) in [6.45, 7) is 0.402. The molecule has 0 bridgehead atoms. The number of nitrogens with zero attached hydrogens (tertiary/aromatic N) is 2. The summed E-state index contributed by atoms with van der Waals surface area (Å²) in [5.41, 5.74) is 0.708. The Morgan fingerprint density at radius 1 is 1.35 bits per heavy atom. The minimum absolute atomic E-state index is 0.0278. The van der Waals surface area contributed by atoms with Crippen molar-refractivity contribution in [1.29, 1.82) is 0 Å². The predicted molar refractivity (Wildman–Crippen MR) is 85.1 cm³/mol. The van der Waals surface area contributed by atoms with Gasteiger partial charge in [0.05, 0.1) is 11.6 Å². The second-order valence-electron chi connectivity index (χ2n) is 4.77. The molecule has 23 heavy (non-hydrogen) atoms. The van der Waals surface area contributed by atoms with Gasteiger partial charge in [0.25, 0.3) is 0 Å². The van der Waals surface area contributed by atoms with E-state index in [1.165, 1.54) is 17.5 Å². The van der Waals surface area contributed by atoms with Gasteiger partial charge < -0.3 is 4.74 Å². The number of sulfonamides is 1. The highest BCUT2D eigenvalue weighted by Crippen LogP contribution is 2.26. The van der Waals surface area contributed by atoms with E-state index in [-0.39, 0.29) is 29.6 Å². The Kier molecular flexibility index (Phi) is 6.06. The second-order valence-corrected chi connectivity index (χ2v) is 7.08. The number of methoxy groups -OCH3 is 1. The van der Waals surface area contributed by atoms with E-state index in [0.29, 0.717) is 5.56 Å². The largest absolute Gasteiger partial charge is 0.383 e. The molecule has 0 amide bonds. The number of rotatable bonds is 7. The van der Waals surface area contributed by atoms with Crippen LogP contribution in [-0.4, -0.2) is 38.0 Å². The first-order chi connectivity index (χ1) is 10.9. The Morgan fingerprint density at radius 2 is 2.13 bits per heavy atom. The lowest BCUT2D eigenvalue weighted by molar-refractivity contribution is 0.177. The zero-order valence-electron chi connectivity index (χ0n) is 12.4. The maximum Gasteiger partial charge on any atom is 0.245 e. The molecule has 0 saturated heterocycles. The molecule has 0 atom stereocenters. The van der Waals surface area contributed by atoms with Gasteiger partial charge in [-0.1, -0.05) is 17.7 Å². The van der Waals surface area contributed by atoms with Crippen LogP contribution in [0.25, 0.3) is 0 Å². The van der Waals surface area contributed by atoms with Crippen molar-refractivity contribution in [2.45, 2.75) is 11.4 Å². The summed E-state index contributed by atoms with van der Waals surface area (Å²) in [5.74, 6) is -0.666. The average molecular weight is 359 g/mol. The Morgan fingerprint density at radius 3 is 2.78 bits per heavy atom. The molecule has 0 aliphatic heterocycles. The number of aromatic nitrogens is 1. The lowest BCUT2D eigenvalue weighted by Crippen LogP contribution is -2.33. The Labute approximate surface area is 139 Å². The van der Waals surface area contributed by atoms with E-state index in [1.807, 2.05) is 0 Å². The molecule has 8 heteroatoms. The standard InChI is InChI=1S/C15H16ClFN2O3S/c1-22-8-7-19(11-12-3-2-6-18-10-12)23(20,21)15-9-13(17)4-5-14(15)16/h2-6,9-10H,7-8,11H2,1H3. The van der Waals surface area contributed by atoms with Crippen LogP contribution in [0.15, 0.2) is 47.6 Å². The van der Waals surface area contributed by atoms with E-state index in [0.717, 1.165) is 12.1 Å². The smallest absolute Gasteiger partial charge is 0.245 e. The van der Waals surface area contributed by atoms with Crippen LogP contribution in [0, 0.1) is 5.82 Å². The topological polar surface area (TPSA) is 59.5 Å². The van der Waals surface area contributed by atoms with Gasteiger partial charge >= 0.3 is 0 Å². The van der Waals surface area contributed by atoms with Crippen molar-refractivity contribution in [3.8, 4) is 0 Å². The molecule has 0 fully saturated rings. The van der Waals surface area contributed by atoms with Crippen LogP contribution < -0.4 is 0 Å². The Bertz CT molecular complexity index is 757. The molecule has 2 rings (SSSR count). The van der Waals surface area contributed by atoms with Gasteiger partial charge in [0.15, 0.2) is 0 Å². The third kappa shape index (κ3) is 4.48. The van der Waals surface area contributed by atoms with Crippen LogP contribution in [0.4, 0.5) is 4.39 Å². The van der Waals surface area contributed by atoms with Crippen LogP contribution in [0.5, 0.6) is 0 Å². The number of pyridine rings is 1. The van der Waals surface area contributed by atoms with Crippen LogP contribution in [0.1, 0.15) is 5.56 Å². The molecule has 0 spiro atoms. The Hall–Kier alpha value is -1.54. The summed E-state index contributed by atoms with van der Waals surface area (Å²) in [7, 11) is -2.49.